The molecule has 92 valence electrons. The second kappa shape index (κ2) is 5.27. The Morgan fingerprint density at radius 2 is 2.00 bits per heavy atom. The number of nitrogens with one attached hydrogen (secondary N) is 1. The van der Waals surface area contributed by atoms with E-state index >= 15 is 0 Å². The average molecular weight is 237 g/mol. The van der Waals surface area contributed by atoms with Crippen LogP contribution in [-0.2, 0) is 0 Å². The van der Waals surface area contributed by atoms with Crippen LogP contribution in [0.25, 0.3) is 0 Å². The Hall–Kier alpha value is -1.42. The summed E-state index contributed by atoms with van der Waals surface area (Å²) in [6.45, 7) is 6.57. The van der Waals surface area contributed by atoms with Crippen LogP contribution >= 0.6 is 0 Å². The standard InChI is InChI=1S/C13H17FN2O/c1-2-15-7-9-16(10-8-15)13(17)11-5-3-4-6-12(11)14/h3-6H,2,7-10H2,1H3/p+1. The van der Waals surface area contributed by atoms with Crippen LogP contribution in [0.5, 0.6) is 0 Å². The largest absolute Gasteiger partial charge is 0.332 e. The highest BCUT2D eigenvalue weighted by atomic mass is 19.1. The second-order valence-corrected chi connectivity index (χ2v) is 4.38. The van der Waals surface area contributed by atoms with Crippen LogP contribution in [0.3, 0.4) is 0 Å². The van der Waals surface area contributed by atoms with Gasteiger partial charge in [-0.3, -0.25) is 4.79 Å². The van der Waals surface area contributed by atoms with Gasteiger partial charge in [0.05, 0.1) is 38.3 Å². The summed E-state index contributed by atoms with van der Waals surface area (Å²) in [5.41, 5.74) is 0.187. The SMILES string of the molecule is CC[NH+]1CCN(C(=O)c2ccccc2F)CC1. The van der Waals surface area contributed by atoms with E-state index in [1.165, 1.54) is 11.0 Å². The summed E-state index contributed by atoms with van der Waals surface area (Å²) in [7, 11) is 0. The highest BCUT2D eigenvalue weighted by molar-refractivity contribution is 5.94. The fraction of sp³-hybridized carbons (Fsp3) is 0.462. The zero-order valence-corrected chi connectivity index (χ0v) is 10.1. The molecule has 17 heavy (non-hydrogen) atoms. The molecule has 1 fully saturated rings. The van der Waals surface area contributed by atoms with Crippen LogP contribution in [0, 0.1) is 5.82 Å². The molecule has 1 aromatic carbocycles. The molecule has 0 saturated carbocycles. The Kier molecular flexibility index (Phi) is 3.74. The van der Waals surface area contributed by atoms with Crippen LogP contribution in [0.15, 0.2) is 24.3 Å². The van der Waals surface area contributed by atoms with E-state index in [1.807, 2.05) is 0 Å². The maximum atomic E-state index is 13.5. The molecule has 1 heterocycles. The molecule has 1 aromatic rings. The van der Waals surface area contributed by atoms with E-state index in [9.17, 15) is 9.18 Å². The summed E-state index contributed by atoms with van der Waals surface area (Å²) in [5.74, 6) is -0.610. The number of quaternary nitrogens is 1. The molecule has 1 N–H and O–H groups in total. The van der Waals surface area contributed by atoms with E-state index in [-0.39, 0.29) is 11.5 Å². The van der Waals surface area contributed by atoms with Crippen molar-refractivity contribution < 1.29 is 14.1 Å². The number of piperazine rings is 1. The number of amides is 1. The Morgan fingerprint density at radius 3 is 2.59 bits per heavy atom. The van der Waals surface area contributed by atoms with Crippen LogP contribution in [0.2, 0.25) is 0 Å². The van der Waals surface area contributed by atoms with Crippen LogP contribution in [-0.4, -0.2) is 43.5 Å². The molecule has 0 aromatic heterocycles. The lowest BCUT2D eigenvalue weighted by molar-refractivity contribution is -0.902. The molecule has 1 aliphatic rings. The predicted octanol–water partition coefficient (Wildman–Crippen LogP) is 0.186. The lowest BCUT2D eigenvalue weighted by Gasteiger charge is -2.31. The van der Waals surface area contributed by atoms with Crippen molar-refractivity contribution in [2.45, 2.75) is 6.92 Å². The zero-order chi connectivity index (χ0) is 12.3. The topological polar surface area (TPSA) is 24.8 Å². The molecule has 0 atom stereocenters. The van der Waals surface area contributed by atoms with Crippen LogP contribution in [0.4, 0.5) is 4.39 Å². The van der Waals surface area contributed by atoms with Gasteiger partial charge in [0.1, 0.15) is 5.82 Å². The monoisotopic (exact) mass is 237 g/mol. The number of nitrogens with zero attached hydrogens (tertiary/aromatic N) is 1. The van der Waals surface area contributed by atoms with Crippen LogP contribution < -0.4 is 4.90 Å². The molecule has 4 heteroatoms. The van der Waals surface area contributed by atoms with Gasteiger partial charge in [-0.1, -0.05) is 12.1 Å². The molecule has 0 unspecified atom stereocenters. The number of halogens is 1. The minimum absolute atomic E-state index is 0.182. The highest BCUT2D eigenvalue weighted by Crippen LogP contribution is 2.09. The zero-order valence-electron chi connectivity index (χ0n) is 10.1. The fourth-order valence-electron chi connectivity index (χ4n) is 2.18. The van der Waals surface area contributed by atoms with Crippen molar-refractivity contribution in [2.24, 2.45) is 0 Å². The summed E-state index contributed by atoms with van der Waals surface area (Å²) >= 11 is 0. The molecule has 1 saturated heterocycles. The van der Waals surface area contributed by atoms with Crippen molar-refractivity contribution in [2.75, 3.05) is 32.7 Å². The molecule has 0 spiro atoms. The van der Waals surface area contributed by atoms with E-state index in [1.54, 1.807) is 23.1 Å². The lowest BCUT2D eigenvalue weighted by atomic mass is 10.1. The molecular formula is C13H18FN2O+. The van der Waals surface area contributed by atoms with E-state index < -0.39 is 5.82 Å². The number of benzene rings is 1. The quantitative estimate of drug-likeness (QED) is 0.780. The minimum Gasteiger partial charge on any atom is -0.332 e. The van der Waals surface area contributed by atoms with Gasteiger partial charge in [0, 0.05) is 0 Å². The predicted molar refractivity (Wildman–Crippen MR) is 63.5 cm³/mol. The first-order chi connectivity index (χ1) is 8.22. The number of carbonyl (C=O) groups is 1. The highest BCUT2D eigenvalue weighted by Gasteiger charge is 2.24. The van der Waals surface area contributed by atoms with Gasteiger partial charge in [0.2, 0.25) is 0 Å². The van der Waals surface area contributed by atoms with Crippen molar-refractivity contribution in [3.05, 3.63) is 35.6 Å². The van der Waals surface area contributed by atoms with Gasteiger partial charge in [-0.05, 0) is 19.1 Å². The third-order valence-electron chi connectivity index (χ3n) is 3.36. The maximum absolute atomic E-state index is 13.5. The van der Waals surface area contributed by atoms with Gasteiger partial charge in [-0.2, -0.15) is 0 Å². The van der Waals surface area contributed by atoms with Gasteiger partial charge in [0.25, 0.3) is 5.91 Å². The van der Waals surface area contributed by atoms with Crippen molar-refractivity contribution >= 4 is 5.91 Å². The summed E-state index contributed by atoms with van der Waals surface area (Å²) in [5, 5.41) is 0. The van der Waals surface area contributed by atoms with Gasteiger partial charge in [-0.25, -0.2) is 4.39 Å². The Labute approximate surface area is 101 Å². The van der Waals surface area contributed by atoms with E-state index in [0.29, 0.717) is 0 Å². The van der Waals surface area contributed by atoms with Crippen molar-refractivity contribution in [3.63, 3.8) is 0 Å². The first-order valence-electron chi connectivity index (χ1n) is 6.09. The minimum atomic E-state index is -0.428. The Bertz CT molecular complexity index is 400. The van der Waals surface area contributed by atoms with Crippen molar-refractivity contribution in [3.8, 4) is 0 Å². The lowest BCUT2D eigenvalue weighted by Crippen LogP contribution is -3.14. The molecule has 3 nitrogen and oxygen atoms in total. The van der Waals surface area contributed by atoms with Gasteiger partial charge >= 0.3 is 0 Å². The molecule has 0 bridgehead atoms. The summed E-state index contributed by atoms with van der Waals surface area (Å²) in [6.07, 6.45) is 0. The third kappa shape index (κ3) is 2.64. The first kappa shape index (κ1) is 12.0. The van der Waals surface area contributed by atoms with Crippen molar-refractivity contribution in [1.29, 1.82) is 0 Å². The number of carbonyl (C=O) groups excluding carboxylic acids is 1. The van der Waals surface area contributed by atoms with Crippen LogP contribution in [0.1, 0.15) is 17.3 Å². The smallest absolute Gasteiger partial charge is 0.257 e. The maximum Gasteiger partial charge on any atom is 0.257 e. The van der Waals surface area contributed by atoms with Gasteiger partial charge < -0.3 is 9.80 Å². The summed E-state index contributed by atoms with van der Waals surface area (Å²) < 4.78 is 13.5. The first-order valence-corrected chi connectivity index (χ1v) is 6.09. The number of hydrogen-bond donors (Lipinski definition) is 1. The van der Waals surface area contributed by atoms with Crippen molar-refractivity contribution in [1.82, 2.24) is 4.90 Å². The molecule has 1 amide bonds. The molecular weight excluding hydrogens is 219 g/mol. The molecule has 0 aliphatic carbocycles. The Balaban J connectivity index is 2.04. The fourth-order valence-corrected chi connectivity index (χ4v) is 2.18. The van der Waals surface area contributed by atoms with Gasteiger partial charge in [0.15, 0.2) is 0 Å². The third-order valence-corrected chi connectivity index (χ3v) is 3.36. The van der Waals surface area contributed by atoms with E-state index in [4.69, 9.17) is 0 Å². The normalized spacial score (nSPS) is 17.2. The Morgan fingerprint density at radius 1 is 1.35 bits per heavy atom. The van der Waals surface area contributed by atoms with E-state index in [2.05, 4.69) is 6.92 Å². The number of rotatable bonds is 2. The molecule has 2 rings (SSSR count). The second-order valence-electron chi connectivity index (χ2n) is 4.38. The summed E-state index contributed by atoms with van der Waals surface area (Å²) in [4.78, 5) is 15.3. The average Bonchev–Trinajstić information content (AvgIpc) is 2.39. The molecule has 0 radical (unpaired) electrons. The molecule has 1 aliphatic heterocycles. The van der Waals surface area contributed by atoms with Gasteiger partial charge in [-0.15, -0.1) is 0 Å². The van der Waals surface area contributed by atoms with E-state index in [0.717, 1.165) is 32.7 Å². The number of likely N-dealkylation sites (N-methyl/N-ethyl adjacent to an activating group) is 1. The number of hydrogen-bond acceptors (Lipinski definition) is 1. The summed E-state index contributed by atoms with van der Waals surface area (Å²) in [6, 6.07) is 6.19.